The SMILES string of the molecule is C[C@@H]1O[C@@H](O[C@H]2[C@H](OC(=O)[C@]34CC[C@@H](C)[C@@](C)(O)[C@@H]3C3=CC[C@@H]5[C@@]6(C)CC[C@H](O[C@@H]7OC[C@H](O)[C@H](O[C@@H]8O[C@H](CO)[C@@H](O)[C@H](O)[C@H]8O)[C@H]7O)C(C)(C)[C@H]6CC[C@@]5(C)[C@]3(C)CC4)O[C@H](CO[C@@H]3O[C@H](CO)[C@@H](O)[C@H](O)[C@H]3O)[C@@H](O)[C@@H]2O)[C@H](O)[C@H](O)[C@H]1O. The minimum atomic E-state index is -2.00. The molecule has 0 aromatic rings. The monoisotopic (exact) mass is 1240 g/mol. The standard InChI is InChI=1S/C59H96O27/c1-23-11-16-59(53(75)86-52-46(85-50-42(72)37(67)33(63)24(2)79-50)40(70)36(66)29(82-52)22-78-48-41(71)38(68)34(64)27(19-60)80-48)18-17-56(6)25(47(59)58(23,8)76)9-10-31-55(5)14-13-32(54(3,4)30(55)12-15-57(31,56)7)83-49-44(74)45(26(62)21-77-49)84-51-43(73)39(69)35(65)28(20-61)81-51/h9,23-24,26-52,60-74,76H,10-22H2,1-8H3/t23-,24+,26+,27-,28-,29-,30-,31-,32+,33+,34-,35-,36-,37-,38+,39+,40+,41-,42-,43-,44-,45+,46-,47+,48-,49+,50+,51+,52+,55+,56-,57-,58-,59+/m1/s1. The number of esters is 1. The highest BCUT2D eigenvalue weighted by Gasteiger charge is 2.72. The molecular weight excluding hydrogens is 1140 g/mol. The third kappa shape index (κ3) is 10.9. The van der Waals surface area contributed by atoms with Crippen molar-refractivity contribution < 1.29 is 134 Å². The largest absolute Gasteiger partial charge is 0.432 e. The van der Waals surface area contributed by atoms with Crippen LogP contribution in [-0.4, -0.2) is 273 Å². The molecule has 0 unspecified atom stereocenters. The third-order valence-electron chi connectivity index (χ3n) is 23.5. The second kappa shape index (κ2) is 24.6. The Morgan fingerprint density at radius 2 is 1.13 bits per heavy atom. The average molecular weight is 1240 g/mol. The predicted octanol–water partition coefficient (Wildman–Crippen LogP) is -3.57. The van der Waals surface area contributed by atoms with Crippen LogP contribution in [0.25, 0.3) is 0 Å². The quantitative estimate of drug-likeness (QED) is 0.0482. The maximum Gasteiger partial charge on any atom is 0.315 e. The number of carbonyl (C=O) groups excluding carboxylic acids is 1. The smallest absolute Gasteiger partial charge is 0.315 e. The van der Waals surface area contributed by atoms with Crippen LogP contribution in [0.5, 0.6) is 0 Å². The van der Waals surface area contributed by atoms with Crippen LogP contribution >= 0.6 is 0 Å². The van der Waals surface area contributed by atoms with E-state index in [1.165, 1.54) is 6.92 Å². The first-order chi connectivity index (χ1) is 40.2. The molecule has 0 amide bonds. The highest BCUT2D eigenvalue weighted by atomic mass is 16.8. The number of aliphatic hydroxyl groups is 16. The number of fused-ring (bicyclic) bond motifs is 7. The summed E-state index contributed by atoms with van der Waals surface area (Å²) in [4.78, 5) is 15.7. The van der Waals surface area contributed by atoms with Gasteiger partial charge in [-0.1, -0.05) is 53.2 Å². The van der Waals surface area contributed by atoms with Crippen molar-refractivity contribution in [3.63, 3.8) is 0 Å². The van der Waals surface area contributed by atoms with Crippen molar-refractivity contribution in [2.75, 3.05) is 26.4 Å². The molecule has 0 aromatic heterocycles. The Bertz CT molecular complexity index is 2400. The lowest BCUT2D eigenvalue weighted by atomic mass is 9.33. The van der Waals surface area contributed by atoms with E-state index in [4.69, 9.17) is 47.4 Å². The van der Waals surface area contributed by atoms with Gasteiger partial charge in [-0.05, 0) is 111 Å². The Balaban J connectivity index is 0.898. The first-order valence-electron chi connectivity index (χ1n) is 30.8. The lowest BCUT2D eigenvalue weighted by Crippen LogP contribution is -2.68. The van der Waals surface area contributed by atoms with Crippen LogP contribution in [0, 0.1) is 50.7 Å². The molecule has 5 aliphatic carbocycles. The molecule has 86 heavy (non-hydrogen) atoms. The van der Waals surface area contributed by atoms with Gasteiger partial charge in [0.15, 0.2) is 31.3 Å². The summed E-state index contributed by atoms with van der Waals surface area (Å²) in [6, 6.07) is 0. The number of hydrogen-bond acceptors (Lipinski definition) is 27. The molecule has 10 rings (SSSR count). The van der Waals surface area contributed by atoms with Crippen molar-refractivity contribution in [3.05, 3.63) is 11.6 Å². The van der Waals surface area contributed by atoms with Gasteiger partial charge < -0.3 is 129 Å². The van der Waals surface area contributed by atoms with Crippen LogP contribution in [0.4, 0.5) is 0 Å². The summed E-state index contributed by atoms with van der Waals surface area (Å²) in [6.07, 6.45) is -32.8. The number of rotatable bonds is 13. The zero-order chi connectivity index (χ0) is 62.9. The minimum Gasteiger partial charge on any atom is -0.432 e. The second-order valence-corrected chi connectivity index (χ2v) is 28.3. The summed E-state index contributed by atoms with van der Waals surface area (Å²) in [7, 11) is 0. The van der Waals surface area contributed by atoms with Crippen molar-refractivity contribution in [2.45, 2.75) is 272 Å². The molecule has 0 bridgehead atoms. The molecular formula is C59H96O27. The molecule has 10 aliphatic rings. The van der Waals surface area contributed by atoms with Gasteiger partial charge in [0.1, 0.15) is 104 Å². The van der Waals surface area contributed by atoms with Crippen LogP contribution in [0.15, 0.2) is 11.6 Å². The van der Waals surface area contributed by atoms with Gasteiger partial charge in [-0.15, -0.1) is 0 Å². The molecule has 5 heterocycles. The molecule has 27 nitrogen and oxygen atoms in total. The summed E-state index contributed by atoms with van der Waals surface area (Å²) in [5.41, 5.74) is -3.72. The van der Waals surface area contributed by atoms with E-state index >= 15 is 4.79 Å². The lowest BCUT2D eigenvalue weighted by Gasteiger charge is -2.72. The Morgan fingerprint density at radius 1 is 0.558 bits per heavy atom. The van der Waals surface area contributed by atoms with Gasteiger partial charge in [-0.3, -0.25) is 4.79 Å². The van der Waals surface area contributed by atoms with Crippen molar-refractivity contribution in [1.82, 2.24) is 0 Å². The zero-order valence-electron chi connectivity index (χ0n) is 50.2. The van der Waals surface area contributed by atoms with Gasteiger partial charge in [0, 0.05) is 5.92 Å². The molecule has 0 spiro atoms. The normalized spacial score (nSPS) is 55.6. The van der Waals surface area contributed by atoms with Crippen LogP contribution < -0.4 is 0 Å². The number of allylic oxidation sites excluding steroid dienone is 1. The molecule has 4 saturated carbocycles. The van der Waals surface area contributed by atoms with Gasteiger partial charge in [0.05, 0.1) is 49.7 Å². The van der Waals surface area contributed by atoms with Crippen LogP contribution in [0.1, 0.15) is 113 Å². The van der Waals surface area contributed by atoms with Gasteiger partial charge in [0.25, 0.3) is 0 Å². The van der Waals surface area contributed by atoms with E-state index in [0.717, 1.165) is 24.8 Å². The number of aliphatic hydroxyl groups excluding tert-OH is 15. The van der Waals surface area contributed by atoms with Crippen LogP contribution in [0.2, 0.25) is 0 Å². The summed E-state index contributed by atoms with van der Waals surface area (Å²) in [6.45, 7) is 13.9. The van der Waals surface area contributed by atoms with Crippen LogP contribution in [-0.2, 0) is 52.2 Å². The second-order valence-electron chi connectivity index (χ2n) is 28.3. The molecule has 494 valence electrons. The Kier molecular flexibility index (Phi) is 19.2. The van der Waals surface area contributed by atoms with Crippen molar-refractivity contribution in [3.8, 4) is 0 Å². The third-order valence-corrected chi connectivity index (χ3v) is 23.5. The molecule has 9 fully saturated rings. The molecule has 5 aliphatic heterocycles. The van der Waals surface area contributed by atoms with E-state index in [1.54, 1.807) is 6.92 Å². The van der Waals surface area contributed by atoms with Crippen molar-refractivity contribution >= 4 is 5.97 Å². The molecule has 34 atom stereocenters. The Hall–Kier alpha value is -1.79. The average Bonchev–Trinajstić information content (AvgIpc) is 0.681. The topological polar surface area (TPSA) is 433 Å². The summed E-state index contributed by atoms with van der Waals surface area (Å²) < 4.78 is 59.7. The van der Waals surface area contributed by atoms with E-state index in [1.807, 2.05) is 6.92 Å². The van der Waals surface area contributed by atoms with Crippen LogP contribution in [0.3, 0.4) is 0 Å². The fourth-order valence-corrected chi connectivity index (χ4v) is 17.8. The van der Waals surface area contributed by atoms with Gasteiger partial charge in [0.2, 0.25) is 6.29 Å². The fourth-order valence-electron chi connectivity index (χ4n) is 17.8. The predicted molar refractivity (Wildman–Crippen MR) is 289 cm³/mol. The first kappa shape index (κ1) is 67.1. The van der Waals surface area contributed by atoms with E-state index in [2.05, 4.69) is 40.7 Å². The van der Waals surface area contributed by atoms with E-state index in [9.17, 15) is 81.7 Å². The zero-order valence-corrected chi connectivity index (χ0v) is 50.2. The van der Waals surface area contributed by atoms with E-state index in [0.29, 0.717) is 25.7 Å². The molecule has 16 N–H and O–H groups in total. The number of ether oxygens (including phenoxy) is 10. The fraction of sp³-hybridized carbons (Fsp3) is 0.949. The summed E-state index contributed by atoms with van der Waals surface area (Å²) in [5.74, 6) is -1.74. The molecule has 5 saturated heterocycles. The molecule has 0 aromatic carbocycles. The van der Waals surface area contributed by atoms with Gasteiger partial charge >= 0.3 is 5.97 Å². The highest BCUT2D eigenvalue weighted by Crippen LogP contribution is 2.76. The maximum absolute atomic E-state index is 15.7. The maximum atomic E-state index is 15.7. The molecule has 0 radical (unpaired) electrons. The van der Waals surface area contributed by atoms with E-state index < -0.39 is 207 Å². The number of carbonyl (C=O) groups is 1. The highest BCUT2D eigenvalue weighted by molar-refractivity contribution is 5.79. The first-order valence-corrected chi connectivity index (χ1v) is 30.8. The lowest BCUT2D eigenvalue weighted by molar-refractivity contribution is -0.366. The van der Waals surface area contributed by atoms with Crippen molar-refractivity contribution in [2.24, 2.45) is 50.7 Å². The van der Waals surface area contributed by atoms with Crippen molar-refractivity contribution in [1.29, 1.82) is 0 Å². The Labute approximate surface area is 499 Å². The minimum absolute atomic E-state index is 0.0796. The van der Waals surface area contributed by atoms with Gasteiger partial charge in [-0.25, -0.2) is 0 Å². The molecule has 27 heteroatoms. The summed E-state index contributed by atoms with van der Waals surface area (Å²) >= 11 is 0. The number of hydrogen-bond donors (Lipinski definition) is 16. The summed E-state index contributed by atoms with van der Waals surface area (Å²) in [5, 5.41) is 174. The Morgan fingerprint density at radius 3 is 1.77 bits per heavy atom. The van der Waals surface area contributed by atoms with E-state index in [-0.39, 0.29) is 48.0 Å². The van der Waals surface area contributed by atoms with Gasteiger partial charge in [-0.2, -0.15) is 0 Å².